The fraction of sp³-hybridized carbons (Fsp3) is 0.259. The Balaban J connectivity index is 1.90. The smallest absolute Gasteiger partial charge is 0.341 e. The molecule has 0 fully saturated rings. The molecule has 1 aromatic heterocycles. The van der Waals surface area contributed by atoms with Crippen LogP contribution in [0.25, 0.3) is 6.08 Å². The van der Waals surface area contributed by atoms with Gasteiger partial charge in [0.05, 0.1) is 41.1 Å². The molecule has 2 heterocycles. The summed E-state index contributed by atoms with van der Waals surface area (Å²) in [6.07, 6.45) is 1.69. The summed E-state index contributed by atoms with van der Waals surface area (Å²) in [7, 11) is 3.04. The van der Waals surface area contributed by atoms with E-state index >= 15 is 0 Å². The van der Waals surface area contributed by atoms with Crippen molar-refractivity contribution in [2.75, 3.05) is 27.4 Å². The molecular weight excluding hydrogens is 592 g/mol. The number of hydrogen-bond acceptors (Lipinski definition) is 9. The molecule has 0 unspecified atom stereocenters. The molecule has 3 aromatic rings. The van der Waals surface area contributed by atoms with Crippen LogP contribution in [0.1, 0.15) is 31.0 Å². The fourth-order valence-electron chi connectivity index (χ4n) is 4.15. The van der Waals surface area contributed by atoms with Gasteiger partial charge in [-0.05, 0) is 71.7 Å². The second-order valence-electron chi connectivity index (χ2n) is 8.28. The summed E-state index contributed by atoms with van der Waals surface area (Å²) in [4.78, 5) is 42.8. The first kappa shape index (κ1) is 28.1. The number of aromatic nitrogens is 1. The van der Waals surface area contributed by atoms with E-state index in [2.05, 4.69) is 20.9 Å². The molecule has 0 bridgehead atoms. The van der Waals surface area contributed by atoms with Crippen LogP contribution in [0, 0.1) is 0 Å². The molecule has 0 amide bonds. The van der Waals surface area contributed by atoms with Crippen LogP contribution in [0.15, 0.2) is 61.9 Å². The van der Waals surface area contributed by atoms with Crippen molar-refractivity contribution < 1.29 is 33.6 Å². The minimum atomic E-state index is -1.09. The third kappa shape index (κ3) is 5.76. The molecule has 0 aliphatic carbocycles. The number of fused-ring (bicyclic) bond motifs is 1. The molecule has 0 saturated carbocycles. The van der Waals surface area contributed by atoms with Crippen molar-refractivity contribution in [2.24, 2.45) is 4.99 Å². The molecular formula is C27H25BrN2O8S. The number of carboxylic acids is 1. The lowest BCUT2D eigenvalue weighted by Gasteiger charge is -2.26. The number of carboxylic acid groups (broad SMARTS) is 1. The average molecular weight is 617 g/mol. The van der Waals surface area contributed by atoms with Crippen molar-refractivity contribution >= 4 is 45.3 Å². The number of nitrogens with zero attached hydrogens (tertiary/aromatic N) is 2. The highest BCUT2D eigenvalue weighted by molar-refractivity contribution is 9.10. The fourth-order valence-corrected chi connectivity index (χ4v) is 5.71. The van der Waals surface area contributed by atoms with Crippen LogP contribution in [0.5, 0.6) is 17.2 Å². The maximum Gasteiger partial charge on any atom is 0.341 e. The molecule has 4 rings (SSSR count). The van der Waals surface area contributed by atoms with Gasteiger partial charge in [0.1, 0.15) is 23.3 Å². The summed E-state index contributed by atoms with van der Waals surface area (Å²) >= 11 is 4.56. The number of thiazole rings is 1. The van der Waals surface area contributed by atoms with Gasteiger partial charge in [-0.15, -0.1) is 0 Å². The lowest BCUT2D eigenvalue weighted by atomic mass is 9.94. The first-order valence-corrected chi connectivity index (χ1v) is 13.3. The Morgan fingerprint density at radius 1 is 1.15 bits per heavy atom. The Morgan fingerprint density at radius 3 is 2.54 bits per heavy atom. The van der Waals surface area contributed by atoms with Gasteiger partial charge in [-0.25, -0.2) is 14.6 Å². The number of hydrogen-bond donors (Lipinski definition) is 1. The second kappa shape index (κ2) is 11.9. The van der Waals surface area contributed by atoms with Crippen molar-refractivity contribution in [3.8, 4) is 17.2 Å². The number of methoxy groups -OCH3 is 2. The normalized spacial score (nSPS) is 14.9. The quantitative estimate of drug-likeness (QED) is 0.364. The van der Waals surface area contributed by atoms with Crippen LogP contribution < -0.4 is 29.1 Å². The van der Waals surface area contributed by atoms with Crippen molar-refractivity contribution in [3.05, 3.63) is 83.0 Å². The zero-order valence-corrected chi connectivity index (χ0v) is 23.9. The highest BCUT2D eigenvalue weighted by Gasteiger charge is 2.35. The van der Waals surface area contributed by atoms with Crippen LogP contribution in [0.4, 0.5) is 0 Å². The van der Waals surface area contributed by atoms with E-state index < -0.39 is 24.6 Å². The number of halogens is 1. The minimum absolute atomic E-state index is 0.156. The van der Waals surface area contributed by atoms with Gasteiger partial charge in [-0.2, -0.15) is 0 Å². The molecule has 0 spiro atoms. The summed E-state index contributed by atoms with van der Waals surface area (Å²) in [5, 5.41) is 8.86. The number of esters is 1. The SMILES string of the molecule is CCOC(=O)C1=C(C)N=c2s/c(=C/c3ccc(OCC(=O)O)c(Br)c3)c(=O)n2[C@@H]1c1cc(OC)ccc1OC. The molecule has 0 saturated heterocycles. The van der Waals surface area contributed by atoms with Gasteiger partial charge in [0.25, 0.3) is 5.56 Å². The molecule has 1 aliphatic heterocycles. The van der Waals surface area contributed by atoms with Gasteiger partial charge in [0.2, 0.25) is 0 Å². The predicted octanol–water partition coefficient (Wildman–Crippen LogP) is 3.04. The average Bonchev–Trinajstić information content (AvgIpc) is 3.20. The van der Waals surface area contributed by atoms with E-state index in [1.54, 1.807) is 56.3 Å². The highest BCUT2D eigenvalue weighted by atomic mass is 79.9. The lowest BCUT2D eigenvalue weighted by molar-refractivity contribution is -0.140. The monoisotopic (exact) mass is 616 g/mol. The highest BCUT2D eigenvalue weighted by Crippen LogP contribution is 2.37. The summed E-state index contributed by atoms with van der Waals surface area (Å²) in [5.41, 5.74) is 1.52. The molecule has 1 N–H and O–H groups in total. The van der Waals surface area contributed by atoms with Crippen LogP contribution in [0.2, 0.25) is 0 Å². The molecule has 10 nitrogen and oxygen atoms in total. The van der Waals surface area contributed by atoms with E-state index in [4.69, 9.17) is 24.1 Å². The van der Waals surface area contributed by atoms with Crippen LogP contribution in [-0.4, -0.2) is 49.0 Å². The lowest BCUT2D eigenvalue weighted by Crippen LogP contribution is -2.40. The number of aliphatic carboxylic acids is 1. The first-order chi connectivity index (χ1) is 18.7. The Labute approximate surface area is 235 Å². The van der Waals surface area contributed by atoms with Gasteiger partial charge >= 0.3 is 11.9 Å². The summed E-state index contributed by atoms with van der Waals surface area (Å²) in [5.74, 6) is -0.319. The Hall–Kier alpha value is -3.90. The van der Waals surface area contributed by atoms with Crippen molar-refractivity contribution in [2.45, 2.75) is 19.9 Å². The maximum absolute atomic E-state index is 13.9. The zero-order chi connectivity index (χ0) is 28.3. The van der Waals surface area contributed by atoms with Gasteiger partial charge in [-0.3, -0.25) is 9.36 Å². The van der Waals surface area contributed by atoms with Crippen molar-refractivity contribution in [1.82, 2.24) is 4.57 Å². The molecule has 1 aliphatic rings. The van der Waals surface area contributed by atoms with Crippen molar-refractivity contribution in [3.63, 3.8) is 0 Å². The van der Waals surface area contributed by atoms with Gasteiger partial charge < -0.3 is 24.1 Å². The minimum Gasteiger partial charge on any atom is -0.497 e. The second-order valence-corrected chi connectivity index (χ2v) is 10.1. The van der Waals surface area contributed by atoms with Crippen molar-refractivity contribution in [1.29, 1.82) is 0 Å². The number of benzene rings is 2. The Bertz CT molecular complexity index is 1660. The number of rotatable bonds is 9. The van der Waals surface area contributed by atoms with E-state index in [0.717, 1.165) is 0 Å². The standard InChI is InChI=1S/C27H25BrN2O8S/c1-5-37-26(34)23-14(2)29-27-30(24(23)17-12-16(35-3)7-9-19(17)36-4)25(33)21(39-27)11-15-6-8-20(18(28)10-15)38-13-22(31)32/h6-12,24H,5,13H2,1-4H3,(H,31,32)/b21-11+/t24-/m1/s1. The van der Waals surface area contributed by atoms with E-state index in [9.17, 15) is 14.4 Å². The topological polar surface area (TPSA) is 126 Å². The molecule has 39 heavy (non-hydrogen) atoms. The van der Waals surface area contributed by atoms with E-state index in [1.807, 2.05) is 0 Å². The summed E-state index contributed by atoms with van der Waals surface area (Å²) in [6, 6.07) is 9.34. The van der Waals surface area contributed by atoms with Crippen LogP contribution in [-0.2, 0) is 14.3 Å². The summed E-state index contributed by atoms with van der Waals surface area (Å²) in [6.45, 7) is 3.09. The molecule has 12 heteroatoms. The number of allylic oxidation sites excluding steroid dienone is 1. The number of ether oxygens (including phenoxy) is 4. The van der Waals surface area contributed by atoms with E-state index in [-0.39, 0.29) is 17.7 Å². The van der Waals surface area contributed by atoms with E-state index in [0.29, 0.717) is 47.9 Å². The number of carbonyl (C=O) groups is 2. The first-order valence-electron chi connectivity index (χ1n) is 11.7. The zero-order valence-electron chi connectivity index (χ0n) is 21.5. The largest absolute Gasteiger partial charge is 0.497 e. The third-order valence-corrected chi connectivity index (χ3v) is 7.46. The molecule has 2 aromatic carbocycles. The van der Waals surface area contributed by atoms with E-state index in [1.165, 1.54) is 30.1 Å². The Kier molecular flexibility index (Phi) is 8.56. The van der Waals surface area contributed by atoms with Gasteiger partial charge in [-0.1, -0.05) is 17.4 Å². The Morgan fingerprint density at radius 2 is 1.90 bits per heavy atom. The molecule has 1 atom stereocenters. The van der Waals surface area contributed by atoms with Gasteiger partial charge in [0.15, 0.2) is 11.4 Å². The predicted molar refractivity (Wildman–Crippen MR) is 147 cm³/mol. The number of carbonyl (C=O) groups excluding carboxylic acids is 1. The molecule has 0 radical (unpaired) electrons. The van der Waals surface area contributed by atoms with Crippen LogP contribution in [0.3, 0.4) is 0 Å². The van der Waals surface area contributed by atoms with Crippen LogP contribution >= 0.6 is 27.3 Å². The molecule has 204 valence electrons. The third-order valence-electron chi connectivity index (χ3n) is 5.85. The maximum atomic E-state index is 13.9. The van der Waals surface area contributed by atoms with Gasteiger partial charge in [0, 0.05) is 5.56 Å². The summed E-state index contributed by atoms with van der Waals surface area (Å²) < 4.78 is 24.0.